The summed E-state index contributed by atoms with van der Waals surface area (Å²) in [6, 6.07) is 2.58. The summed E-state index contributed by atoms with van der Waals surface area (Å²) in [4.78, 5) is 10.5. The first-order valence-electron chi connectivity index (χ1n) is 3.67. The van der Waals surface area contributed by atoms with Gasteiger partial charge in [-0.25, -0.2) is 6.14 Å². The second-order valence-electron chi connectivity index (χ2n) is 2.65. The summed E-state index contributed by atoms with van der Waals surface area (Å²) in [7, 11) is 0. The summed E-state index contributed by atoms with van der Waals surface area (Å²) in [6.07, 6.45) is -0.409. The molecule has 1 aromatic rings. The topological polar surface area (TPSA) is 71.4 Å². The van der Waals surface area contributed by atoms with Gasteiger partial charge in [0.2, 0.25) is 0 Å². The Labute approximate surface area is 102 Å². The van der Waals surface area contributed by atoms with Crippen molar-refractivity contribution in [2.24, 2.45) is 0 Å². The molecule has 4 nitrogen and oxygen atoms in total. The van der Waals surface area contributed by atoms with E-state index in [-0.39, 0.29) is 19.2 Å². The van der Waals surface area contributed by atoms with Crippen molar-refractivity contribution < 1.29 is 16.0 Å². The molecule has 0 aliphatic rings. The summed E-state index contributed by atoms with van der Waals surface area (Å²) in [5.74, 6) is -1.13. The van der Waals surface area contributed by atoms with Crippen LogP contribution in [0.3, 0.4) is 0 Å². The molecule has 82 valence electrons. The van der Waals surface area contributed by atoms with Gasteiger partial charge in [-0.2, -0.15) is 0 Å². The number of carbonyl (C=O) groups is 1. The Morgan fingerprint density at radius 3 is 2.40 bits per heavy atom. The van der Waals surface area contributed by atoms with Crippen LogP contribution in [-0.2, 0) is 17.4 Å². The predicted octanol–water partition coefficient (Wildman–Crippen LogP) is 2.99. The first-order valence-corrected chi connectivity index (χ1v) is 7.26. The first kappa shape index (κ1) is 12.7. The van der Waals surface area contributed by atoms with Crippen LogP contribution >= 0.6 is 43.0 Å². The van der Waals surface area contributed by atoms with Crippen molar-refractivity contribution in [2.45, 2.75) is 6.42 Å². The molecule has 0 unspecified atom stereocenters. The molecule has 1 rings (SSSR count). The molecule has 0 saturated carbocycles. The highest BCUT2D eigenvalue weighted by Gasteiger charge is 2.15. The van der Waals surface area contributed by atoms with Crippen LogP contribution in [0, 0.1) is 3.57 Å². The van der Waals surface area contributed by atoms with Crippen molar-refractivity contribution in [3.8, 4) is 0 Å². The highest BCUT2D eigenvalue weighted by molar-refractivity contribution is 14.2. The summed E-state index contributed by atoms with van der Waals surface area (Å²) in [5.41, 5.74) is 0.134. The summed E-state index contributed by atoms with van der Waals surface area (Å²) in [6.45, 7) is 0. The number of carboxylic acids is 1. The summed E-state index contributed by atoms with van der Waals surface area (Å²) >= 11 is 7.51. The third-order valence-electron chi connectivity index (χ3n) is 1.56. The van der Waals surface area contributed by atoms with Gasteiger partial charge in [0, 0.05) is 5.02 Å². The second kappa shape index (κ2) is 5.09. The Balaban J connectivity index is 3.39. The molecule has 0 heterocycles. The molecule has 15 heavy (non-hydrogen) atoms. The zero-order chi connectivity index (χ0) is 11.6. The van der Waals surface area contributed by atoms with Crippen LogP contribution in [0.1, 0.15) is 5.56 Å². The van der Waals surface area contributed by atoms with Crippen LogP contribution in [-0.4, -0.2) is 11.1 Å². The summed E-state index contributed by atoms with van der Waals surface area (Å²) in [5, 5.41) is 8.78. The van der Waals surface area contributed by atoms with Crippen molar-refractivity contribution in [1.82, 2.24) is 0 Å². The van der Waals surface area contributed by atoms with Gasteiger partial charge in [-0.05, 0) is 17.7 Å². The molecular formula is C8H5Cl2IO4. The molecule has 0 amide bonds. The van der Waals surface area contributed by atoms with Gasteiger partial charge in [0.25, 0.3) is 0 Å². The fourth-order valence-corrected chi connectivity index (χ4v) is 3.49. The Morgan fingerprint density at radius 2 is 1.93 bits per heavy atom. The lowest BCUT2D eigenvalue weighted by atomic mass is 10.1. The highest BCUT2D eigenvalue weighted by atomic mass is 127. The number of aliphatic carboxylic acids is 1. The molecule has 0 aliphatic heterocycles. The third-order valence-corrected chi connectivity index (χ3v) is 4.55. The van der Waals surface area contributed by atoms with Gasteiger partial charge < -0.3 is 5.11 Å². The van der Waals surface area contributed by atoms with Crippen molar-refractivity contribution in [1.29, 1.82) is 0 Å². The monoisotopic (exact) mass is 362 g/mol. The Morgan fingerprint density at radius 1 is 1.33 bits per heavy atom. The number of hydrogen-bond donors (Lipinski definition) is 1. The minimum Gasteiger partial charge on any atom is -0.481 e. The molecule has 1 aromatic carbocycles. The van der Waals surface area contributed by atoms with E-state index >= 15 is 0 Å². The lowest BCUT2D eigenvalue weighted by Crippen LogP contribution is -2.02. The van der Waals surface area contributed by atoms with Crippen molar-refractivity contribution >= 4 is 49.0 Å². The van der Waals surface area contributed by atoms with E-state index in [4.69, 9.17) is 28.3 Å². The van der Waals surface area contributed by atoms with E-state index in [1.54, 1.807) is 0 Å². The van der Waals surface area contributed by atoms with E-state index in [1.807, 2.05) is 0 Å². The van der Waals surface area contributed by atoms with E-state index in [2.05, 4.69) is 0 Å². The molecule has 0 saturated heterocycles. The standard InChI is InChI=1S/C8H5Cl2IO4/c9-5-1-4(2-7(12)13)8(11(14)15)6(10)3-5/h1,3H,2H2,(H,12,13). The van der Waals surface area contributed by atoms with Crippen LogP contribution < -0.4 is 0 Å². The van der Waals surface area contributed by atoms with Crippen LogP contribution in [0.2, 0.25) is 10.0 Å². The molecule has 0 bridgehead atoms. The van der Waals surface area contributed by atoms with Crippen molar-refractivity contribution in [3.05, 3.63) is 31.3 Å². The number of halogens is 3. The van der Waals surface area contributed by atoms with Crippen LogP contribution in [0.25, 0.3) is 0 Å². The van der Waals surface area contributed by atoms with Crippen molar-refractivity contribution in [2.75, 3.05) is 0 Å². The van der Waals surface area contributed by atoms with Gasteiger partial charge in [0.05, 0.1) is 15.0 Å². The molecule has 0 aromatic heterocycles. The minimum atomic E-state index is -3.81. The summed E-state index contributed by atoms with van der Waals surface area (Å²) < 4.78 is 21.8. The number of carboxylic acid groups (broad SMARTS) is 1. The van der Waals surface area contributed by atoms with Gasteiger partial charge in [-0.15, -0.1) is 0 Å². The lowest BCUT2D eigenvalue weighted by molar-refractivity contribution is -0.136. The van der Waals surface area contributed by atoms with Crippen LogP contribution in [0.5, 0.6) is 0 Å². The van der Waals surface area contributed by atoms with Gasteiger partial charge in [0.15, 0.2) is 0 Å². The molecule has 0 spiro atoms. The van der Waals surface area contributed by atoms with E-state index in [1.165, 1.54) is 12.1 Å². The third kappa shape index (κ3) is 3.29. The molecule has 0 atom stereocenters. The zero-order valence-electron chi connectivity index (χ0n) is 7.17. The van der Waals surface area contributed by atoms with E-state index in [0.29, 0.717) is 0 Å². The minimum absolute atomic E-state index is 0.0195. The maximum Gasteiger partial charge on any atom is 0.342 e. The van der Waals surface area contributed by atoms with E-state index < -0.39 is 32.2 Å². The second-order valence-corrected chi connectivity index (χ2v) is 5.81. The van der Waals surface area contributed by atoms with Crippen LogP contribution in [0.15, 0.2) is 12.1 Å². The predicted molar refractivity (Wildman–Crippen MR) is 61.9 cm³/mol. The SMILES string of the molecule is O=C(O)Cc1cc(Cl)cc(Cl)c1I(=O)=O. The molecule has 0 fully saturated rings. The van der Waals surface area contributed by atoms with Gasteiger partial charge in [-0.1, -0.05) is 23.2 Å². The van der Waals surface area contributed by atoms with Gasteiger partial charge in [0.1, 0.15) is 0 Å². The molecule has 1 N–H and O–H groups in total. The number of hydrogen-bond acceptors (Lipinski definition) is 3. The van der Waals surface area contributed by atoms with Gasteiger partial charge >= 0.3 is 25.8 Å². The Bertz CT molecular complexity index is 474. The highest BCUT2D eigenvalue weighted by Crippen LogP contribution is 2.32. The fraction of sp³-hybridized carbons (Fsp3) is 0.125. The fourth-order valence-electron chi connectivity index (χ4n) is 1.07. The van der Waals surface area contributed by atoms with E-state index in [9.17, 15) is 10.9 Å². The quantitative estimate of drug-likeness (QED) is 0.662. The average Bonchev–Trinajstić information content (AvgIpc) is 1.99. The maximum atomic E-state index is 10.9. The zero-order valence-corrected chi connectivity index (χ0v) is 10.8. The Kier molecular flexibility index (Phi) is 4.30. The average molecular weight is 363 g/mol. The molecular weight excluding hydrogens is 358 g/mol. The number of benzene rings is 1. The molecule has 0 radical (unpaired) electrons. The number of rotatable bonds is 3. The lowest BCUT2D eigenvalue weighted by Gasteiger charge is -2.03. The van der Waals surface area contributed by atoms with Crippen LogP contribution in [0.4, 0.5) is 0 Å². The van der Waals surface area contributed by atoms with E-state index in [0.717, 1.165) is 0 Å². The largest absolute Gasteiger partial charge is 0.481 e. The van der Waals surface area contributed by atoms with Gasteiger partial charge in [-0.3, -0.25) is 4.79 Å². The first-order chi connectivity index (χ1) is 6.91. The normalized spacial score (nSPS) is 10.6. The molecule has 7 heteroatoms. The smallest absolute Gasteiger partial charge is 0.342 e. The molecule has 0 aliphatic carbocycles. The van der Waals surface area contributed by atoms with Crippen molar-refractivity contribution in [3.63, 3.8) is 0 Å². The maximum absolute atomic E-state index is 10.9. The Hall–Kier alpha value is -0.400.